The minimum absolute atomic E-state index is 0.0144. The number of likely N-dealkylation sites (tertiary alicyclic amines) is 1. The number of hydrogen-bond acceptors (Lipinski definition) is 4. The maximum Gasteiger partial charge on any atom is 0.228 e. The van der Waals surface area contributed by atoms with Crippen molar-refractivity contribution in [3.8, 4) is 5.69 Å². The predicted molar refractivity (Wildman–Crippen MR) is 88.3 cm³/mol. The van der Waals surface area contributed by atoms with Crippen LogP contribution in [0.5, 0.6) is 0 Å². The summed E-state index contributed by atoms with van der Waals surface area (Å²) in [6.07, 6.45) is 3.43. The normalized spacial score (nSPS) is 18.7. The molecular formula is C17H21N5O2. The SMILES string of the molecule is C[C@H](c1ccc(-n2cncn2)cc1)N(C)C(=O)[C@@H]1CC(=O)N(C)C1. The lowest BCUT2D eigenvalue weighted by Gasteiger charge is -2.27. The van der Waals surface area contributed by atoms with Crippen molar-refractivity contribution in [1.82, 2.24) is 24.6 Å². The van der Waals surface area contributed by atoms with Gasteiger partial charge in [-0.25, -0.2) is 9.67 Å². The highest BCUT2D eigenvalue weighted by Crippen LogP contribution is 2.25. The Bertz CT molecular complexity index is 726. The van der Waals surface area contributed by atoms with Crippen LogP contribution in [0.2, 0.25) is 0 Å². The van der Waals surface area contributed by atoms with E-state index in [9.17, 15) is 9.59 Å². The Kier molecular flexibility index (Phi) is 4.33. The molecule has 0 saturated carbocycles. The number of nitrogens with zero attached hydrogens (tertiary/aromatic N) is 5. The van der Waals surface area contributed by atoms with Crippen LogP contribution in [0.15, 0.2) is 36.9 Å². The van der Waals surface area contributed by atoms with E-state index < -0.39 is 0 Å². The van der Waals surface area contributed by atoms with Crippen molar-refractivity contribution in [2.45, 2.75) is 19.4 Å². The van der Waals surface area contributed by atoms with Crippen LogP contribution in [-0.2, 0) is 9.59 Å². The summed E-state index contributed by atoms with van der Waals surface area (Å²) in [7, 11) is 3.53. The molecule has 7 nitrogen and oxygen atoms in total. The van der Waals surface area contributed by atoms with Gasteiger partial charge in [0.25, 0.3) is 0 Å². The smallest absolute Gasteiger partial charge is 0.228 e. The average molecular weight is 327 g/mol. The monoisotopic (exact) mass is 327 g/mol. The summed E-state index contributed by atoms with van der Waals surface area (Å²) < 4.78 is 1.68. The molecule has 0 N–H and O–H groups in total. The van der Waals surface area contributed by atoms with Crippen molar-refractivity contribution >= 4 is 11.8 Å². The molecule has 2 heterocycles. The summed E-state index contributed by atoms with van der Waals surface area (Å²) in [4.78, 5) is 31.5. The molecule has 0 spiro atoms. The van der Waals surface area contributed by atoms with Crippen molar-refractivity contribution < 1.29 is 9.59 Å². The van der Waals surface area contributed by atoms with Gasteiger partial charge in [0, 0.05) is 27.1 Å². The quantitative estimate of drug-likeness (QED) is 0.848. The maximum atomic E-state index is 12.6. The second kappa shape index (κ2) is 6.43. The molecule has 7 heteroatoms. The van der Waals surface area contributed by atoms with Crippen LogP contribution in [0.1, 0.15) is 24.9 Å². The van der Waals surface area contributed by atoms with Crippen molar-refractivity contribution in [3.63, 3.8) is 0 Å². The molecule has 1 aromatic heterocycles. The van der Waals surface area contributed by atoms with Gasteiger partial charge in [0.1, 0.15) is 12.7 Å². The Morgan fingerprint density at radius 2 is 2.04 bits per heavy atom. The zero-order valence-electron chi connectivity index (χ0n) is 14.1. The Morgan fingerprint density at radius 1 is 1.33 bits per heavy atom. The van der Waals surface area contributed by atoms with Crippen molar-refractivity contribution in [2.24, 2.45) is 5.92 Å². The van der Waals surface area contributed by atoms with Crippen LogP contribution in [-0.4, -0.2) is 57.0 Å². The van der Waals surface area contributed by atoms with Gasteiger partial charge in [0.15, 0.2) is 0 Å². The summed E-state index contributed by atoms with van der Waals surface area (Å²) in [6, 6.07) is 7.80. The molecular weight excluding hydrogens is 306 g/mol. The standard InChI is InChI=1S/C17H21N5O2/c1-12(21(3)17(24)14-8-16(23)20(2)9-14)13-4-6-15(7-5-13)22-11-18-10-19-22/h4-7,10-12,14H,8-9H2,1-3H3/t12-,14-/m1/s1. The molecule has 24 heavy (non-hydrogen) atoms. The van der Waals surface area contributed by atoms with Gasteiger partial charge < -0.3 is 9.80 Å². The molecule has 0 bridgehead atoms. The first-order chi connectivity index (χ1) is 11.5. The van der Waals surface area contributed by atoms with E-state index in [0.717, 1.165) is 11.3 Å². The van der Waals surface area contributed by atoms with Gasteiger partial charge in [-0.15, -0.1) is 0 Å². The third kappa shape index (κ3) is 3.02. The van der Waals surface area contributed by atoms with E-state index in [-0.39, 0.29) is 23.8 Å². The second-order valence-electron chi connectivity index (χ2n) is 6.23. The highest BCUT2D eigenvalue weighted by atomic mass is 16.2. The van der Waals surface area contributed by atoms with Gasteiger partial charge in [-0.2, -0.15) is 5.10 Å². The van der Waals surface area contributed by atoms with E-state index in [1.54, 1.807) is 34.9 Å². The minimum atomic E-state index is -0.246. The number of aromatic nitrogens is 3. The Hall–Kier alpha value is -2.70. The second-order valence-corrected chi connectivity index (χ2v) is 6.23. The molecule has 2 atom stereocenters. The van der Waals surface area contributed by atoms with Crippen LogP contribution in [0.4, 0.5) is 0 Å². The zero-order chi connectivity index (χ0) is 17.3. The number of rotatable bonds is 4. The Balaban J connectivity index is 1.70. The van der Waals surface area contributed by atoms with E-state index in [2.05, 4.69) is 10.1 Å². The van der Waals surface area contributed by atoms with Gasteiger partial charge >= 0.3 is 0 Å². The largest absolute Gasteiger partial charge is 0.345 e. The molecule has 0 unspecified atom stereocenters. The molecule has 126 valence electrons. The molecule has 0 aliphatic carbocycles. The Morgan fingerprint density at radius 3 is 2.58 bits per heavy atom. The molecule has 1 fully saturated rings. The third-order valence-corrected chi connectivity index (χ3v) is 4.68. The molecule has 3 rings (SSSR count). The van der Waals surface area contributed by atoms with E-state index >= 15 is 0 Å². The molecule has 0 radical (unpaired) electrons. The lowest BCUT2D eigenvalue weighted by Crippen LogP contribution is -2.36. The molecule has 1 aliphatic rings. The first kappa shape index (κ1) is 16.2. The van der Waals surface area contributed by atoms with Crippen molar-refractivity contribution in [1.29, 1.82) is 0 Å². The van der Waals surface area contributed by atoms with Gasteiger partial charge in [-0.05, 0) is 24.6 Å². The lowest BCUT2D eigenvalue weighted by molar-refractivity contribution is -0.136. The summed E-state index contributed by atoms with van der Waals surface area (Å²) in [6.45, 7) is 2.49. The summed E-state index contributed by atoms with van der Waals surface area (Å²) in [5.41, 5.74) is 1.95. The molecule has 2 amide bonds. The van der Waals surface area contributed by atoms with Crippen LogP contribution in [0, 0.1) is 5.92 Å². The van der Waals surface area contributed by atoms with Gasteiger partial charge in [-0.3, -0.25) is 9.59 Å². The highest BCUT2D eigenvalue weighted by molar-refractivity contribution is 5.89. The summed E-state index contributed by atoms with van der Waals surface area (Å²) in [5.74, 6) is -0.198. The number of carbonyl (C=O) groups is 2. The maximum absolute atomic E-state index is 12.6. The summed E-state index contributed by atoms with van der Waals surface area (Å²) >= 11 is 0. The van der Waals surface area contributed by atoms with E-state index in [0.29, 0.717) is 13.0 Å². The van der Waals surface area contributed by atoms with Gasteiger partial charge in [0.2, 0.25) is 11.8 Å². The fraction of sp³-hybridized carbons (Fsp3) is 0.412. The fourth-order valence-corrected chi connectivity index (χ4v) is 2.98. The van der Waals surface area contributed by atoms with Crippen molar-refractivity contribution in [3.05, 3.63) is 42.5 Å². The topological polar surface area (TPSA) is 71.3 Å². The lowest BCUT2D eigenvalue weighted by atomic mass is 10.0. The number of hydrogen-bond donors (Lipinski definition) is 0. The zero-order valence-corrected chi connectivity index (χ0v) is 14.1. The van der Waals surface area contributed by atoms with E-state index in [1.807, 2.05) is 31.2 Å². The highest BCUT2D eigenvalue weighted by Gasteiger charge is 2.35. The van der Waals surface area contributed by atoms with Gasteiger partial charge in [0.05, 0.1) is 17.6 Å². The Labute approximate surface area is 140 Å². The van der Waals surface area contributed by atoms with Gasteiger partial charge in [-0.1, -0.05) is 12.1 Å². The van der Waals surface area contributed by atoms with Crippen LogP contribution < -0.4 is 0 Å². The number of benzene rings is 1. The van der Waals surface area contributed by atoms with Crippen LogP contribution in [0.3, 0.4) is 0 Å². The minimum Gasteiger partial charge on any atom is -0.345 e. The van der Waals surface area contributed by atoms with Crippen LogP contribution >= 0.6 is 0 Å². The fourth-order valence-electron chi connectivity index (χ4n) is 2.98. The first-order valence-corrected chi connectivity index (χ1v) is 7.93. The molecule has 1 aromatic carbocycles. The van der Waals surface area contributed by atoms with E-state index in [4.69, 9.17) is 0 Å². The summed E-state index contributed by atoms with van der Waals surface area (Å²) in [5, 5.41) is 4.10. The first-order valence-electron chi connectivity index (χ1n) is 7.93. The molecule has 1 aliphatic heterocycles. The average Bonchev–Trinajstić information content (AvgIpc) is 3.24. The number of amides is 2. The molecule has 2 aromatic rings. The third-order valence-electron chi connectivity index (χ3n) is 4.68. The van der Waals surface area contributed by atoms with Crippen molar-refractivity contribution in [2.75, 3.05) is 20.6 Å². The van der Waals surface area contributed by atoms with E-state index in [1.165, 1.54) is 6.33 Å². The number of carbonyl (C=O) groups excluding carboxylic acids is 2. The van der Waals surface area contributed by atoms with Crippen LogP contribution in [0.25, 0.3) is 5.69 Å². The predicted octanol–water partition coefficient (Wildman–Crippen LogP) is 1.26. The molecule has 1 saturated heterocycles.